The zero-order chi connectivity index (χ0) is 15.9. The number of benzene rings is 1. The summed E-state index contributed by atoms with van der Waals surface area (Å²) in [7, 11) is 0. The van der Waals surface area contributed by atoms with Crippen molar-refractivity contribution in [2.75, 3.05) is 13.2 Å². The van der Waals surface area contributed by atoms with E-state index >= 15 is 0 Å². The van der Waals surface area contributed by atoms with Gasteiger partial charge in [-0.1, -0.05) is 23.4 Å². The van der Waals surface area contributed by atoms with Crippen LogP contribution < -0.4 is 9.47 Å². The molecule has 0 aliphatic heterocycles. The highest BCUT2D eigenvalue weighted by molar-refractivity contribution is 7.71. The molecule has 22 heavy (non-hydrogen) atoms. The minimum atomic E-state index is 0.265. The summed E-state index contributed by atoms with van der Waals surface area (Å²) in [6, 6.07) is 8.89. The summed E-state index contributed by atoms with van der Waals surface area (Å²) in [5, 5.41) is 0.690. The number of hydrogen-bond donors (Lipinski definition) is 0. The van der Waals surface area contributed by atoms with E-state index in [9.17, 15) is 0 Å². The molecule has 0 radical (unpaired) electrons. The summed E-state index contributed by atoms with van der Waals surface area (Å²) >= 11 is 10.9. The summed E-state index contributed by atoms with van der Waals surface area (Å²) in [6.07, 6.45) is 0. The molecule has 0 fully saturated rings. The van der Waals surface area contributed by atoms with Crippen LogP contribution in [0, 0.1) is 30.4 Å². The molecule has 0 saturated carbocycles. The first-order chi connectivity index (χ1) is 10.5. The van der Waals surface area contributed by atoms with Crippen LogP contribution in [0.4, 0.5) is 0 Å². The average Bonchev–Trinajstić information content (AvgIpc) is 2.43. The van der Waals surface area contributed by atoms with Gasteiger partial charge in [0.25, 0.3) is 0 Å². The van der Waals surface area contributed by atoms with E-state index in [0.29, 0.717) is 27.8 Å². The highest BCUT2D eigenvalue weighted by Crippen LogP contribution is 2.21. The second-order valence-corrected chi connectivity index (χ2v) is 5.40. The van der Waals surface area contributed by atoms with E-state index in [4.69, 9.17) is 37.7 Å². The Kier molecular flexibility index (Phi) is 5.88. The number of rotatable bonds is 4. The van der Waals surface area contributed by atoms with Gasteiger partial charge in [-0.05, 0) is 49.8 Å². The Balaban J connectivity index is 1.81. The van der Waals surface area contributed by atoms with Crippen molar-refractivity contribution in [2.24, 2.45) is 0 Å². The molecule has 0 N–H and O–H groups in total. The van der Waals surface area contributed by atoms with E-state index in [1.165, 1.54) is 0 Å². The standard InChI is InChI=1S/C17H15ClO3S/c1-12-9-14(18)5-6-16(12)20-8-4-3-7-19-15-10-13(2)21-17(22)11-15/h5-6,9-11H,7-8H2,1-2H3. The third kappa shape index (κ3) is 5.10. The summed E-state index contributed by atoms with van der Waals surface area (Å²) in [4.78, 5) is 0. The van der Waals surface area contributed by atoms with E-state index in [2.05, 4.69) is 11.8 Å². The molecule has 5 heteroatoms. The molecule has 3 nitrogen and oxygen atoms in total. The Morgan fingerprint density at radius 3 is 2.50 bits per heavy atom. The molecule has 0 aliphatic rings. The van der Waals surface area contributed by atoms with E-state index < -0.39 is 0 Å². The molecular weight excluding hydrogens is 320 g/mol. The van der Waals surface area contributed by atoms with Crippen LogP contribution in [0.1, 0.15) is 11.3 Å². The molecule has 0 spiro atoms. The molecule has 0 bridgehead atoms. The Labute approximate surface area is 139 Å². The Bertz CT molecular complexity index is 771. The van der Waals surface area contributed by atoms with Crippen LogP contribution in [0.15, 0.2) is 34.7 Å². The number of halogens is 1. The van der Waals surface area contributed by atoms with Crippen molar-refractivity contribution in [2.45, 2.75) is 13.8 Å². The minimum absolute atomic E-state index is 0.265. The van der Waals surface area contributed by atoms with Crippen LogP contribution in [0.3, 0.4) is 0 Å². The maximum Gasteiger partial charge on any atom is 0.193 e. The Morgan fingerprint density at radius 1 is 1.09 bits per heavy atom. The van der Waals surface area contributed by atoms with Crippen molar-refractivity contribution < 1.29 is 13.9 Å². The first-order valence-corrected chi connectivity index (χ1v) is 7.42. The van der Waals surface area contributed by atoms with Crippen molar-refractivity contribution in [3.05, 3.63) is 51.4 Å². The first-order valence-electron chi connectivity index (χ1n) is 6.64. The Hall–Kier alpha value is -1.96. The Morgan fingerprint density at radius 2 is 1.82 bits per heavy atom. The van der Waals surface area contributed by atoms with Gasteiger partial charge in [0.2, 0.25) is 0 Å². The van der Waals surface area contributed by atoms with Gasteiger partial charge in [0.1, 0.15) is 30.5 Å². The second-order valence-electron chi connectivity index (χ2n) is 4.56. The fourth-order valence-electron chi connectivity index (χ4n) is 1.77. The van der Waals surface area contributed by atoms with E-state index in [-0.39, 0.29) is 6.61 Å². The lowest BCUT2D eigenvalue weighted by Crippen LogP contribution is -1.98. The molecule has 114 valence electrons. The lowest BCUT2D eigenvalue weighted by atomic mass is 10.2. The third-order valence-electron chi connectivity index (χ3n) is 2.74. The second kappa shape index (κ2) is 7.88. The van der Waals surface area contributed by atoms with Gasteiger partial charge < -0.3 is 13.9 Å². The number of ether oxygens (including phenoxy) is 2. The van der Waals surface area contributed by atoms with Crippen molar-refractivity contribution in [1.29, 1.82) is 0 Å². The molecule has 2 rings (SSSR count). The minimum Gasteiger partial charge on any atom is -0.481 e. The highest BCUT2D eigenvalue weighted by Gasteiger charge is 1.99. The molecule has 0 amide bonds. The maximum absolute atomic E-state index is 5.89. The van der Waals surface area contributed by atoms with Gasteiger partial charge in [-0.3, -0.25) is 0 Å². The van der Waals surface area contributed by atoms with Gasteiger partial charge in [-0.2, -0.15) is 0 Å². The molecule has 0 aliphatic carbocycles. The molecular formula is C17H15ClO3S. The van der Waals surface area contributed by atoms with Gasteiger partial charge >= 0.3 is 0 Å². The summed E-state index contributed by atoms with van der Waals surface area (Å²) in [6.45, 7) is 4.31. The molecule has 0 atom stereocenters. The van der Waals surface area contributed by atoms with Crippen LogP contribution in [-0.2, 0) is 0 Å². The fraction of sp³-hybridized carbons (Fsp3) is 0.235. The molecule has 1 heterocycles. The van der Waals surface area contributed by atoms with Gasteiger partial charge in [0.15, 0.2) is 4.71 Å². The van der Waals surface area contributed by atoms with Gasteiger partial charge in [-0.15, -0.1) is 0 Å². The molecule has 1 aromatic carbocycles. The molecule has 1 aromatic heterocycles. The quantitative estimate of drug-likeness (QED) is 0.597. The molecule has 0 unspecified atom stereocenters. The van der Waals surface area contributed by atoms with E-state index in [0.717, 1.165) is 11.3 Å². The van der Waals surface area contributed by atoms with Crippen LogP contribution in [-0.4, -0.2) is 13.2 Å². The molecule has 2 aromatic rings. The third-order valence-corrected chi connectivity index (χ3v) is 3.18. The van der Waals surface area contributed by atoms with Gasteiger partial charge in [0, 0.05) is 17.2 Å². The summed E-state index contributed by atoms with van der Waals surface area (Å²) in [5.41, 5.74) is 0.979. The van der Waals surface area contributed by atoms with Crippen LogP contribution in [0.2, 0.25) is 5.02 Å². The van der Waals surface area contributed by atoms with Gasteiger partial charge in [-0.25, -0.2) is 0 Å². The largest absolute Gasteiger partial charge is 0.481 e. The fourth-order valence-corrected chi connectivity index (χ4v) is 2.24. The van der Waals surface area contributed by atoms with Gasteiger partial charge in [0.05, 0.1) is 0 Å². The average molecular weight is 335 g/mol. The SMILES string of the molecule is Cc1cc(OCC#CCOc2ccc(Cl)cc2C)cc(=S)o1. The van der Waals surface area contributed by atoms with Crippen molar-refractivity contribution in [1.82, 2.24) is 0 Å². The predicted molar refractivity (Wildman–Crippen MR) is 89.2 cm³/mol. The van der Waals surface area contributed by atoms with E-state index in [1.54, 1.807) is 18.2 Å². The highest BCUT2D eigenvalue weighted by atomic mass is 35.5. The topological polar surface area (TPSA) is 31.6 Å². The predicted octanol–water partition coefficient (Wildman–Crippen LogP) is 4.74. The summed E-state index contributed by atoms with van der Waals surface area (Å²) < 4.78 is 16.6. The lowest BCUT2D eigenvalue weighted by molar-refractivity contribution is 0.356. The lowest BCUT2D eigenvalue weighted by Gasteiger charge is -2.05. The number of aryl methyl sites for hydroxylation is 2. The van der Waals surface area contributed by atoms with Crippen molar-refractivity contribution in [3.8, 4) is 23.3 Å². The van der Waals surface area contributed by atoms with Crippen LogP contribution >= 0.6 is 23.8 Å². The normalized spacial score (nSPS) is 9.77. The van der Waals surface area contributed by atoms with E-state index in [1.807, 2.05) is 26.0 Å². The first kappa shape index (κ1) is 16.4. The molecule has 0 saturated heterocycles. The smallest absolute Gasteiger partial charge is 0.193 e. The maximum atomic E-state index is 5.89. The monoisotopic (exact) mass is 334 g/mol. The zero-order valence-corrected chi connectivity index (χ0v) is 13.9. The summed E-state index contributed by atoms with van der Waals surface area (Å²) in [5.74, 6) is 7.91. The van der Waals surface area contributed by atoms with Crippen LogP contribution in [0.5, 0.6) is 11.5 Å². The zero-order valence-electron chi connectivity index (χ0n) is 12.3. The van der Waals surface area contributed by atoms with Crippen molar-refractivity contribution >= 4 is 23.8 Å². The van der Waals surface area contributed by atoms with Crippen molar-refractivity contribution in [3.63, 3.8) is 0 Å². The number of hydrogen-bond acceptors (Lipinski definition) is 4. The van der Waals surface area contributed by atoms with Crippen LogP contribution in [0.25, 0.3) is 0 Å².